The molecule has 1 unspecified atom stereocenters. The van der Waals surface area contributed by atoms with Gasteiger partial charge in [-0.15, -0.1) is 0 Å². The van der Waals surface area contributed by atoms with Gasteiger partial charge in [-0.05, 0) is 31.8 Å². The summed E-state index contributed by atoms with van der Waals surface area (Å²) in [7, 11) is -3.10. The minimum atomic E-state index is -3.10. The first kappa shape index (κ1) is 17.0. The van der Waals surface area contributed by atoms with Crippen molar-refractivity contribution in [2.45, 2.75) is 30.9 Å². The Kier molecular flexibility index (Phi) is 5.26. The van der Waals surface area contributed by atoms with Crippen molar-refractivity contribution in [2.24, 2.45) is 5.92 Å². The monoisotopic (exact) mass is 328 g/mol. The molecule has 0 spiro atoms. The molecule has 2 heterocycles. The molecule has 0 N–H and O–H groups in total. The van der Waals surface area contributed by atoms with Crippen LogP contribution >= 0.6 is 0 Å². The second-order valence-corrected chi connectivity index (χ2v) is 8.51. The molecule has 0 aromatic rings. The third-order valence-electron chi connectivity index (χ3n) is 4.63. The number of rotatable bonds is 3. The Balaban J connectivity index is 1.92. The van der Waals surface area contributed by atoms with E-state index in [9.17, 15) is 18.0 Å². The van der Waals surface area contributed by atoms with Crippen LogP contribution in [0.25, 0.3) is 0 Å². The number of sulfone groups is 1. The van der Waals surface area contributed by atoms with Gasteiger partial charge in [0.1, 0.15) is 0 Å². The molecule has 6 nitrogen and oxygen atoms in total. The summed E-state index contributed by atoms with van der Waals surface area (Å²) < 4.78 is 23.4. The summed E-state index contributed by atoms with van der Waals surface area (Å²) in [4.78, 5) is 27.5. The molecule has 124 valence electrons. The Morgan fingerprint density at radius 1 is 1.09 bits per heavy atom. The van der Waals surface area contributed by atoms with Crippen LogP contribution in [0.4, 0.5) is 0 Å². The average molecular weight is 328 g/mol. The van der Waals surface area contributed by atoms with Crippen molar-refractivity contribution in [1.29, 1.82) is 0 Å². The van der Waals surface area contributed by atoms with Gasteiger partial charge < -0.3 is 9.80 Å². The van der Waals surface area contributed by atoms with E-state index in [0.717, 1.165) is 6.42 Å². The third kappa shape index (κ3) is 3.88. The van der Waals surface area contributed by atoms with Crippen LogP contribution in [0.2, 0.25) is 0 Å². The lowest BCUT2D eigenvalue weighted by Gasteiger charge is -2.37. The zero-order chi connectivity index (χ0) is 16.3. The Morgan fingerprint density at radius 3 is 2.27 bits per heavy atom. The number of hydrogen-bond acceptors (Lipinski definition) is 4. The summed E-state index contributed by atoms with van der Waals surface area (Å²) in [6, 6.07) is 0. The number of carbonyl (C=O) groups excluding carboxylic acids is 2. The molecule has 0 bridgehead atoms. The van der Waals surface area contributed by atoms with Crippen LogP contribution in [0.1, 0.15) is 25.7 Å². The first-order valence-electron chi connectivity index (χ1n) is 7.72. The van der Waals surface area contributed by atoms with E-state index < -0.39 is 15.1 Å². The van der Waals surface area contributed by atoms with E-state index in [1.165, 1.54) is 12.3 Å². The standard InChI is InChI=1S/C15H24N2O4S/c1-3-14(18)16-9-6-12(7-10-16)15(19)17-8-4-5-13(11-17)22(2,20)21/h3,12-13H,1,4-11H2,2H3. The van der Waals surface area contributed by atoms with Crippen molar-refractivity contribution >= 4 is 21.7 Å². The maximum Gasteiger partial charge on any atom is 0.245 e. The molecule has 0 radical (unpaired) electrons. The van der Waals surface area contributed by atoms with Gasteiger partial charge in [0.05, 0.1) is 5.25 Å². The molecule has 2 rings (SSSR count). The Labute approximate surface area is 132 Å². The second-order valence-electron chi connectivity index (χ2n) is 6.18. The van der Waals surface area contributed by atoms with Crippen molar-refractivity contribution in [2.75, 3.05) is 32.4 Å². The van der Waals surface area contributed by atoms with E-state index >= 15 is 0 Å². The third-order valence-corrected chi connectivity index (χ3v) is 6.22. The van der Waals surface area contributed by atoms with Crippen molar-refractivity contribution < 1.29 is 18.0 Å². The smallest absolute Gasteiger partial charge is 0.245 e. The number of likely N-dealkylation sites (tertiary alicyclic amines) is 2. The summed E-state index contributed by atoms with van der Waals surface area (Å²) in [5.41, 5.74) is 0. The van der Waals surface area contributed by atoms with Crippen LogP contribution in [0.5, 0.6) is 0 Å². The Morgan fingerprint density at radius 2 is 1.73 bits per heavy atom. The van der Waals surface area contributed by atoms with Gasteiger partial charge in [0.15, 0.2) is 9.84 Å². The zero-order valence-corrected chi connectivity index (χ0v) is 13.8. The molecular weight excluding hydrogens is 304 g/mol. The van der Waals surface area contributed by atoms with Crippen LogP contribution in [-0.4, -0.2) is 67.7 Å². The second kappa shape index (κ2) is 6.81. The fraction of sp³-hybridized carbons (Fsp3) is 0.733. The van der Waals surface area contributed by atoms with Crippen molar-refractivity contribution in [1.82, 2.24) is 9.80 Å². The number of carbonyl (C=O) groups is 2. The zero-order valence-electron chi connectivity index (χ0n) is 13.0. The van der Waals surface area contributed by atoms with Gasteiger partial charge in [-0.25, -0.2) is 8.42 Å². The van der Waals surface area contributed by atoms with E-state index in [-0.39, 0.29) is 17.7 Å². The summed E-state index contributed by atoms with van der Waals surface area (Å²) in [6.07, 6.45) is 5.18. The van der Waals surface area contributed by atoms with Crippen molar-refractivity contribution in [3.63, 3.8) is 0 Å². The van der Waals surface area contributed by atoms with Gasteiger partial charge in [-0.2, -0.15) is 0 Å². The maximum absolute atomic E-state index is 12.6. The van der Waals surface area contributed by atoms with E-state index in [1.54, 1.807) is 9.80 Å². The fourth-order valence-electron chi connectivity index (χ4n) is 3.22. The average Bonchev–Trinajstić information content (AvgIpc) is 2.53. The van der Waals surface area contributed by atoms with Crippen LogP contribution in [0, 0.1) is 5.92 Å². The molecule has 7 heteroatoms. The first-order chi connectivity index (χ1) is 10.3. The Hall–Kier alpha value is -1.37. The van der Waals surface area contributed by atoms with E-state index in [2.05, 4.69) is 6.58 Å². The lowest BCUT2D eigenvalue weighted by molar-refractivity contribution is -0.140. The highest BCUT2D eigenvalue weighted by Gasteiger charge is 2.34. The molecule has 0 saturated carbocycles. The van der Waals surface area contributed by atoms with Gasteiger partial charge in [0, 0.05) is 38.4 Å². The van der Waals surface area contributed by atoms with Gasteiger partial charge >= 0.3 is 0 Å². The molecular formula is C15H24N2O4S. The van der Waals surface area contributed by atoms with Gasteiger partial charge in [0.25, 0.3) is 0 Å². The van der Waals surface area contributed by atoms with Crippen LogP contribution in [0.15, 0.2) is 12.7 Å². The molecule has 2 fully saturated rings. The normalized spacial score (nSPS) is 24.1. The molecule has 22 heavy (non-hydrogen) atoms. The Bertz CT molecular complexity index is 550. The minimum absolute atomic E-state index is 0.0408. The van der Waals surface area contributed by atoms with Gasteiger partial charge in [-0.3, -0.25) is 9.59 Å². The molecule has 0 aliphatic carbocycles. The van der Waals surface area contributed by atoms with Gasteiger partial charge in [-0.1, -0.05) is 6.58 Å². The minimum Gasteiger partial charge on any atom is -0.341 e. The number of nitrogens with zero attached hydrogens (tertiary/aromatic N) is 2. The predicted octanol–water partition coefficient (Wildman–Crippen LogP) is 0.447. The predicted molar refractivity (Wildman–Crippen MR) is 83.9 cm³/mol. The number of piperidine rings is 2. The van der Waals surface area contributed by atoms with Crippen LogP contribution in [-0.2, 0) is 19.4 Å². The van der Waals surface area contributed by atoms with E-state index in [0.29, 0.717) is 45.4 Å². The quantitative estimate of drug-likeness (QED) is 0.705. The summed E-state index contributed by atoms with van der Waals surface area (Å²) in [6.45, 7) is 5.54. The highest BCUT2D eigenvalue weighted by Crippen LogP contribution is 2.23. The summed E-state index contributed by atoms with van der Waals surface area (Å²) >= 11 is 0. The highest BCUT2D eigenvalue weighted by molar-refractivity contribution is 7.91. The fourth-order valence-corrected chi connectivity index (χ4v) is 4.27. The lowest BCUT2D eigenvalue weighted by atomic mass is 9.94. The first-order valence-corrected chi connectivity index (χ1v) is 9.67. The molecule has 2 aliphatic rings. The van der Waals surface area contributed by atoms with E-state index in [1.807, 2.05) is 0 Å². The number of hydrogen-bond donors (Lipinski definition) is 0. The summed E-state index contributed by atoms with van der Waals surface area (Å²) in [5, 5.41) is -0.437. The molecule has 0 aromatic carbocycles. The maximum atomic E-state index is 12.6. The SMILES string of the molecule is C=CC(=O)N1CCC(C(=O)N2CCCC(S(C)(=O)=O)C2)CC1. The molecule has 2 aliphatic heterocycles. The topological polar surface area (TPSA) is 74.8 Å². The largest absolute Gasteiger partial charge is 0.341 e. The molecule has 2 amide bonds. The van der Waals surface area contributed by atoms with Crippen molar-refractivity contribution in [3.05, 3.63) is 12.7 Å². The summed E-state index contributed by atoms with van der Waals surface area (Å²) in [5.74, 6) is -0.160. The lowest BCUT2D eigenvalue weighted by Crippen LogP contribution is -2.49. The van der Waals surface area contributed by atoms with Gasteiger partial charge in [0.2, 0.25) is 11.8 Å². The molecule has 2 saturated heterocycles. The molecule has 1 atom stereocenters. The number of amides is 2. The molecule has 0 aromatic heterocycles. The van der Waals surface area contributed by atoms with E-state index in [4.69, 9.17) is 0 Å². The van der Waals surface area contributed by atoms with Crippen molar-refractivity contribution in [3.8, 4) is 0 Å². The van der Waals surface area contributed by atoms with Crippen LogP contribution < -0.4 is 0 Å². The van der Waals surface area contributed by atoms with Crippen LogP contribution in [0.3, 0.4) is 0 Å². The highest BCUT2D eigenvalue weighted by atomic mass is 32.2.